The standard InChI is InChI=1S/C14H18F2N4/c1-8-5-10(3-4-19(8)2)20-12-7-9(15)6-11(16)13(12)18-14(20)17/h6-8,10H,3-5H2,1-2H3,(H2,17,18). The van der Waals surface area contributed by atoms with Gasteiger partial charge in [-0.1, -0.05) is 0 Å². The van der Waals surface area contributed by atoms with Crippen LogP contribution in [0.3, 0.4) is 0 Å². The van der Waals surface area contributed by atoms with Crippen molar-refractivity contribution in [3.8, 4) is 0 Å². The van der Waals surface area contributed by atoms with Crippen molar-refractivity contribution in [3.63, 3.8) is 0 Å². The van der Waals surface area contributed by atoms with E-state index in [-0.39, 0.29) is 17.5 Å². The summed E-state index contributed by atoms with van der Waals surface area (Å²) in [5.41, 5.74) is 6.53. The molecule has 2 atom stereocenters. The smallest absolute Gasteiger partial charge is 0.201 e. The molecule has 0 amide bonds. The van der Waals surface area contributed by atoms with Crippen LogP contribution in [0.15, 0.2) is 12.1 Å². The van der Waals surface area contributed by atoms with Gasteiger partial charge < -0.3 is 15.2 Å². The van der Waals surface area contributed by atoms with Crippen molar-refractivity contribution in [1.29, 1.82) is 0 Å². The van der Waals surface area contributed by atoms with Crippen molar-refractivity contribution in [2.75, 3.05) is 19.3 Å². The fraction of sp³-hybridized carbons (Fsp3) is 0.500. The van der Waals surface area contributed by atoms with E-state index in [4.69, 9.17) is 5.73 Å². The summed E-state index contributed by atoms with van der Waals surface area (Å²) in [6.07, 6.45) is 1.79. The molecule has 2 aromatic rings. The minimum atomic E-state index is -0.661. The highest BCUT2D eigenvalue weighted by Gasteiger charge is 2.27. The molecule has 3 rings (SSSR count). The molecular formula is C14H18F2N4. The van der Waals surface area contributed by atoms with Gasteiger partial charge in [0, 0.05) is 30.8 Å². The van der Waals surface area contributed by atoms with Gasteiger partial charge in [0.15, 0.2) is 5.82 Å². The Bertz CT molecular complexity index is 652. The summed E-state index contributed by atoms with van der Waals surface area (Å²) in [6.45, 7) is 3.07. The third-order valence-corrected chi connectivity index (χ3v) is 4.29. The summed E-state index contributed by atoms with van der Waals surface area (Å²) in [5, 5.41) is 0. The number of benzene rings is 1. The summed E-state index contributed by atoms with van der Waals surface area (Å²) in [7, 11) is 2.08. The molecule has 0 radical (unpaired) electrons. The van der Waals surface area contributed by atoms with Crippen molar-refractivity contribution < 1.29 is 8.78 Å². The topological polar surface area (TPSA) is 47.1 Å². The van der Waals surface area contributed by atoms with Crippen molar-refractivity contribution in [1.82, 2.24) is 14.5 Å². The van der Waals surface area contributed by atoms with Crippen LogP contribution in [0.1, 0.15) is 25.8 Å². The molecule has 20 heavy (non-hydrogen) atoms. The Hall–Kier alpha value is -1.69. The van der Waals surface area contributed by atoms with E-state index < -0.39 is 11.6 Å². The zero-order valence-electron chi connectivity index (χ0n) is 11.6. The molecule has 0 saturated carbocycles. The summed E-state index contributed by atoms with van der Waals surface area (Å²) >= 11 is 0. The van der Waals surface area contributed by atoms with Crippen LogP contribution in [-0.2, 0) is 0 Å². The van der Waals surface area contributed by atoms with Crippen LogP contribution in [0.2, 0.25) is 0 Å². The number of nitrogens with two attached hydrogens (primary N) is 1. The quantitative estimate of drug-likeness (QED) is 0.873. The van der Waals surface area contributed by atoms with E-state index in [9.17, 15) is 8.78 Å². The second kappa shape index (κ2) is 4.70. The van der Waals surface area contributed by atoms with Gasteiger partial charge >= 0.3 is 0 Å². The molecular weight excluding hydrogens is 262 g/mol. The van der Waals surface area contributed by atoms with Gasteiger partial charge in [-0.3, -0.25) is 0 Å². The average molecular weight is 280 g/mol. The number of aromatic nitrogens is 2. The van der Waals surface area contributed by atoms with E-state index in [2.05, 4.69) is 23.9 Å². The highest BCUT2D eigenvalue weighted by atomic mass is 19.1. The molecule has 1 aromatic heterocycles. The Morgan fingerprint density at radius 1 is 1.35 bits per heavy atom. The largest absolute Gasteiger partial charge is 0.369 e. The van der Waals surface area contributed by atoms with Crippen LogP contribution in [0.25, 0.3) is 11.0 Å². The van der Waals surface area contributed by atoms with E-state index in [1.807, 2.05) is 0 Å². The van der Waals surface area contributed by atoms with Gasteiger partial charge in [-0.25, -0.2) is 13.8 Å². The van der Waals surface area contributed by atoms with Crippen LogP contribution in [0, 0.1) is 11.6 Å². The maximum Gasteiger partial charge on any atom is 0.201 e. The number of likely N-dealkylation sites (tertiary alicyclic amines) is 1. The second-order valence-corrected chi connectivity index (χ2v) is 5.60. The third-order valence-electron chi connectivity index (χ3n) is 4.29. The highest BCUT2D eigenvalue weighted by Crippen LogP contribution is 2.32. The number of imidazole rings is 1. The normalized spacial score (nSPS) is 24.4. The molecule has 1 aromatic carbocycles. The zero-order valence-corrected chi connectivity index (χ0v) is 11.6. The number of halogens is 2. The Kier molecular flexibility index (Phi) is 3.12. The predicted molar refractivity (Wildman–Crippen MR) is 74.4 cm³/mol. The van der Waals surface area contributed by atoms with Crippen molar-refractivity contribution in [2.45, 2.75) is 31.8 Å². The number of anilines is 1. The molecule has 6 heteroatoms. The van der Waals surface area contributed by atoms with Crippen molar-refractivity contribution in [2.24, 2.45) is 0 Å². The molecule has 108 valence electrons. The van der Waals surface area contributed by atoms with Crippen LogP contribution in [0.5, 0.6) is 0 Å². The molecule has 1 aliphatic rings. The molecule has 1 fully saturated rings. The fourth-order valence-electron chi connectivity index (χ4n) is 3.02. The first kappa shape index (κ1) is 13.3. The molecule has 1 saturated heterocycles. The summed E-state index contributed by atoms with van der Waals surface area (Å²) in [6, 6.07) is 2.69. The summed E-state index contributed by atoms with van der Waals surface area (Å²) in [4.78, 5) is 6.33. The minimum Gasteiger partial charge on any atom is -0.369 e. The van der Waals surface area contributed by atoms with Gasteiger partial charge in [0.1, 0.15) is 11.3 Å². The first-order valence-electron chi connectivity index (χ1n) is 6.80. The average Bonchev–Trinajstić information content (AvgIpc) is 2.70. The van der Waals surface area contributed by atoms with Gasteiger partial charge in [-0.05, 0) is 26.8 Å². The first-order valence-corrected chi connectivity index (χ1v) is 6.80. The van der Waals surface area contributed by atoms with E-state index in [0.717, 1.165) is 25.5 Å². The van der Waals surface area contributed by atoms with Gasteiger partial charge in [0.2, 0.25) is 5.95 Å². The third kappa shape index (κ3) is 2.04. The second-order valence-electron chi connectivity index (χ2n) is 5.60. The molecule has 2 unspecified atom stereocenters. The molecule has 4 nitrogen and oxygen atoms in total. The zero-order chi connectivity index (χ0) is 14.4. The number of hydrogen-bond donors (Lipinski definition) is 1. The molecule has 2 heterocycles. The minimum absolute atomic E-state index is 0.132. The lowest BCUT2D eigenvalue weighted by atomic mass is 9.98. The van der Waals surface area contributed by atoms with E-state index in [0.29, 0.717) is 11.6 Å². The Labute approximate surface area is 116 Å². The van der Waals surface area contributed by atoms with E-state index in [1.54, 1.807) is 4.57 Å². The van der Waals surface area contributed by atoms with Gasteiger partial charge in [-0.15, -0.1) is 0 Å². The molecule has 0 spiro atoms. The number of nitrogens with zero attached hydrogens (tertiary/aromatic N) is 3. The molecule has 2 N–H and O–H groups in total. The fourth-order valence-corrected chi connectivity index (χ4v) is 3.02. The monoisotopic (exact) mass is 280 g/mol. The Morgan fingerprint density at radius 3 is 2.80 bits per heavy atom. The lowest BCUT2D eigenvalue weighted by molar-refractivity contribution is 0.159. The summed E-state index contributed by atoms with van der Waals surface area (Å²) in [5.74, 6) is -1.00. The number of nitrogen functional groups attached to an aromatic ring is 1. The van der Waals surface area contributed by atoms with E-state index in [1.165, 1.54) is 6.07 Å². The van der Waals surface area contributed by atoms with Crippen LogP contribution >= 0.6 is 0 Å². The number of hydrogen-bond acceptors (Lipinski definition) is 3. The molecule has 0 aliphatic carbocycles. The van der Waals surface area contributed by atoms with Gasteiger partial charge in [0.05, 0.1) is 5.52 Å². The predicted octanol–water partition coefficient (Wildman–Crippen LogP) is 2.55. The van der Waals surface area contributed by atoms with Crippen molar-refractivity contribution >= 4 is 17.0 Å². The summed E-state index contributed by atoms with van der Waals surface area (Å²) < 4.78 is 29.0. The lowest BCUT2D eigenvalue weighted by Crippen LogP contribution is -2.38. The molecule has 0 bridgehead atoms. The Morgan fingerprint density at radius 2 is 2.10 bits per heavy atom. The number of rotatable bonds is 1. The maximum atomic E-state index is 13.8. The Balaban J connectivity index is 2.09. The SMILES string of the molecule is CC1CC(n2c(N)nc3c(F)cc(F)cc32)CCN1C. The lowest BCUT2D eigenvalue weighted by Gasteiger charge is -2.36. The van der Waals surface area contributed by atoms with Crippen LogP contribution < -0.4 is 5.73 Å². The van der Waals surface area contributed by atoms with Gasteiger partial charge in [-0.2, -0.15) is 0 Å². The van der Waals surface area contributed by atoms with Crippen molar-refractivity contribution in [3.05, 3.63) is 23.8 Å². The highest BCUT2D eigenvalue weighted by molar-refractivity contribution is 5.79. The maximum absolute atomic E-state index is 13.8. The number of fused-ring (bicyclic) bond motifs is 1. The van der Waals surface area contributed by atoms with E-state index >= 15 is 0 Å². The van der Waals surface area contributed by atoms with Crippen LogP contribution in [0.4, 0.5) is 14.7 Å². The van der Waals surface area contributed by atoms with Crippen LogP contribution in [-0.4, -0.2) is 34.1 Å². The molecule has 1 aliphatic heterocycles. The van der Waals surface area contributed by atoms with Gasteiger partial charge in [0.25, 0.3) is 0 Å². The first-order chi connectivity index (χ1) is 9.47. The number of piperidine rings is 1.